The van der Waals surface area contributed by atoms with Crippen LogP contribution in [0.4, 0.5) is 10.1 Å². The largest absolute Gasteiger partial charge is 0.368 e. The molecule has 1 N–H and O–H groups in total. The van der Waals surface area contributed by atoms with Crippen molar-refractivity contribution < 1.29 is 14.0 Å². The molecule has 2 aromatic rings. The summed E-state index contributed by atoms with van der Waals surface area (Å²) >= 11 is 0. The number of aryl methyl sites for hydroxylation is 1. The van der Waals surface area contributed by atoms with Crippen LogP contribution in [0.25, 0.3) is 0 Å². The number of rotatable bonds is 4. The Hall–Kier alpha value is -2.89. The molecule has 0 aromatic heterocycles. The Labute approximate surface area is 152 Å². The van der Waals surface area contributed by atoms with E-state index >= 15 is 0 Å². The van der Waals surface area contributed by atoms with Crippen LogP contribution in [-0.2, 0) is 4.79 Å². The van der Waals surface area contributed by atoms with Crippen LogP contribution in [0, 0.1) is 12.7 Å². The van der Waals surface area contributed by atoms with Gasteiger partial charge in [-0.05, 0) is 42.8 Å². The summed E-state index contributed by atoms with van der Waals surface area (Å²) < 4.78 is 13.2. The standard InChI is InChI=1S/C20H22FN3O2/c1-15-4-2-7-18(12-15)23-8-10-24(11-9-23)19(25)14-22-20(26)16-5-3-6-17(21)13-16/h2-7,12-13H,8-11,14H2,1H3,(H,22,26). The van der Waals surface area contributed by atoms with Gasteiger partial charge < -0.3 is 15.1 Å². The predicted molar refractivity (Wildman–Crippen MR) is 98.7 cm³/mol. The van der Waals surface area contributed by atoms with E-state index in [4.69, 9.17) is 0 Å². The highest BCUT2D eigenvalue weighted by Gasteiger charge is 2.21. The maximum Gasteiger partial charge on any atom is 0.251 e. The molecule has 26 heavy (non-hydrogen) atoms. The van der Waals surface area contributed by atoms with Crippen LogP contribution in [0.3, 0.4) is 0 Å². The van der Waals surface area contributed by atoms with E-state index in [0.717, 1.165) is 24.8 Å². The lowest BCUT2D eigenvalue weighted by Gasteiger charge is -2.36. The second-order valence-corrected chi connectivity index (χ2v) is 6.40. The van der Waals surface area contributed by atoms with E-state index in [0.29, 0.717) is 13.1 Å². The Morgan fingerprint density at radius 2 is 1.77 bits per heavy atom. The first-order valence-electron chi connectivity index (χ1n) is 8.66. The molecule has 5 nitrogen and oxygen atoms in total. The average molecular weight is 355 g/mol. The fraction of sp³-hybridized carbons (Fsp3) is 0.300. The summed E-state index contributed by atoms with van der Waals surface area (Å²) in [5, 5.41) is 2.56. The van der Waals surface area contributed by atoms with Crippen molar-refractivity contribution in [3.8, 4) is 0 Å². The van der Waals surface area contributed by atoms with Crippen molar-refractivity contribution in [3.05, 3.63) is 65.5 Å². The summed E-state index contributed by atoms with van der Waals surface area (Å²) in [6.45, 7) is 4.72. The van der Waals surface area contributed by atoms with Crippen LogP contribution in [0.1, 0.15) is 15.9 Å². The van der Waals surface area contributed by atoms with Crippen LogP contribution in [-0.4, -0.2) is 49.4 Å². The van der Waals surface area contributed by atoms with Gasteiger partial charge in [0.25, 0.3) is 5.91 Å². The number of halogens is 1. The van der Waals surface area contributed by atoms with E-state index in [1.807, 2.05) is 6.07 Å². The van der Waals surface area contributed by atoms with Crippen molar-refractivity contribution in [3.63, 3.8) is 0 Å². The van der Waals surface area contributed by atoms with Crippen molar-refractivity contribution in [1.29, 1.82) is 0 Å². The molecule has 2 amide bonds. The summed E-state index contributed by atoms with van der Waals surface area (Å²) in [6.07, 6.45) is 0. The fourth-order valence-corrected chi connectivity index (χ4v) is 3.04. The van der Waals surface area contributed by atoms with Gasteiger partial charge in [-0.1, -0.05) is 18.2 Å². The third-order valence-electron chi connectivity index (χ3n) is 4.49. The molecule has 0 aliphatic carbocycles. The lowest BCUT2D eigenvalue weighted by Crippen LogP contribution is -2.51. The molecule has 1 fully saturated rings. The highest BCUT2D eigenvalue weighted by molar-refractivity contribution is 5.96. The van der Waals surface area contributed by atoms with Crippen molar-refractivity contribution in [2.24, 2.45) is 0 Å². The zero-order valence-electron chi connectivity index (χ0n) is 14.7. The van der Waals surface area contributed by atoms with Crippen molar-refractivity contribution >= 4 is 17.5 Å². The number of benzene rings is 2. The van der Waals surface area contributed by atoms with E-state index in [1.54, 1.807) is 4.90 Å². The maximum atomic E-state index is 13.2. The van der Waals surface area contributed by atoms with Gasteiger partial charge in [-0.15, -0.1) is 0 Å². The molecule has 1 heterocycles. The van der Waals surface area contributed by atoms with E-state index in [2.05, 4.69) is 35.3 Å². The smallest absolute Gasteiger partial charge is 0.251 e. The Kier molecular flexibility index (Phi) is 5.51. The molecule has 0 bridgehead atoms. The first-order chi connectivity index (χ1) is 12.5. The number of amides is 2. The van der Waals surface area contributed by atoms with E-state index in [-0.39, 0.29) is 18.0 Å². The van der Waals surface area contributed by atoms with Crippen LogP contribution >= 0.6 is 0 Å². The van der Waals surface area contributed by atoms with E-state index in [1.165, 1.54) is 23.8 Å². The van der Waals surface area contributed by atoms with Crippen molar-refractivity contribution in [1.82, 2.24) is 10.2 Å². The van der Waals surface area contributed by atoms with Gasteiger partial charge in [0.15, 0.2) is 0 Å². The summed E-state index contributed by atoms with van der Waals surface area (Å²) in [4.78, 5) is 28.3. The quantitative estimate of drug-likeness (QED) is 0.915. The van der Waals surface area contributed by atoms with E-state index < -0.39 is 11.7 Å². The number of anilines is 1. The number of hydrogen-bond acceptors (Lipinski definition) is 3. The lowest BCUT2D eigenvalue weighted by molar-refractivity contribution is -0.130. The van der Waals surface area contributed by atoms with Crippen LogP contribution in [0.5, 0.6) is 0 Å². The van der Waals surface area contributed by atoms with Crippen LogP contribution in [0.2, 0.25) is 0 Å². The second kappa shape index (κ2) is 7.99. The zero-order valence-corrected chi connectivity index (χ0v) is 14.7. The first-order valence-corrected chi connectivity index (χ1v) is 8.66. The average Bonchev–Trinajstić information content (AvgIpc) is 2.66. The predicted octanol–water partition coefficient (Wildman–Crippen LogP) is 2.21. The Balaban J connectivity index is 1.48. The van der Waals surface area contributed by atoms with Crippen molar-refractivity contribution in [2.45, 2.75) is 6.92 Å². The summed E-state index contributed by atoms with van der Waals surface area (Å²) in [6, 6.07) is 13.7. The van der Waals surface area contributed by atoms with Gasteiger partial charge in [0.2, 0.25) is 5.91 Å². The summed E-state index contributed by atoms with van der Waals surface area (Å²) in [5.74, 6) is -1.05. The van der Waals surface area contributed by atoms with Gasteiger partial charge in [0.1, 0.15) is 5.82 Å². The summed E-state index contributed by atoms with van der Waals surface area (Å²) in [7, 11) is 0. The summed E-state index contributed by atoms with van der Waals surface area (Å²) in [5.41, 5.74) is 2.58. The fourth-order valence-electron chi connectivity index (χ4n) is 3.04. The molecular weight excluding hydrogens is 333 g/mol. The third-order valence-corrected chi connectivity index (χ3v) is 4.49. The zero-order chi connectivity index (χ0) is 18.5. The van der Waals surface area contributed by atoms with E-state index in [9.17, 15) is 14.0 Å². The molecule has 0 radical (unpaired) electrons. The number of piperazine rings is 1. The molecular formula is C20H22FN3O2. The van der Waals surface area contributed by atoms with Gasteiger partial charge in [-0.3, -0.25) is 9.59 Å². The van der Waals surface area contributed by atoms with Crippen molar-refractivity contribution in [2.75, 3.05) is 37.6 Å². The minimum absolute atomic E-state index is 0.0835. The number of carbonyl (C=O) groups is 2. The molecule has 1 saturated heterocycles. The lowest BCUT2D eigenvalue weighted by atomic mass is 10.2. The molecule has 0 spiro atoms. The third kappa shape index (κ3) is 4.39. The number of carbonyl (C=O) groups excluding carboxylic acids is 2. The first kappa shape index (κ1) is 17.9. The van der Waals surface area contributed by atoms with Gasteiger partial charge in [0, 0.05) is 37.4 Å². The highest BCUT2D eigenvalue weighted by atomic mass is 19.1. The number of nitrogens with one attached hydrogen (secondary N) is 1. The van der Waals surface area contributed by atoms with Crippen LogP contribution in [0.15, 0.2) is 48.5 Å². The minimum Gasteiger partial charge on any atom is -0.368 e. The van der Waals surface area contributed by atoms with Crippen LogP contribution < -0.4 is 10.2 Å². The molecule has 6 heteroatoms. The topological polar surface area (TPSA) is 52.6 Å². The Bertz CT molecular complexity index is 801. The SMILES string of the molecule is Cc1cccc(N2CCN(C(=O)CNC(=O)c3cccc(F)c3)CC2)c1. The monoisotopic (exact) mass is 355 g/mol. The molecule has 1 aliphatic heterocycles. The number of hydrogen-bond donors (Lipinski definition) is 1. The normalized spacial score (nSPS) is 14.2. The van der Waals surface area contributed by atoms with Gasteiger partial charge >= 0.3 is 0 Å². The Morgan fingerprint density at radius 3 is 2.46 bits per heavy atom. The number of nitrogens with zero attached hydrogens (tertiary/aromatic N) is 2. The Morgan fingerprint density at radius 1 is 1.04 bits per heavy atom. The maximum absolute atomic E-state index is 13.2. The van der Waals surface area contributed by atoms with Gasteiger partial charge in [-0.2, -0.15) is 0 Å². The van der Waals surface area contributed by atoms with Gasteiger partial charge in [-0.25, -0.2) is 4.39 Å². The molecule has 2 aromatic carbocycles. The molecule has 0 atom stereocenters. The second-order valence-electron chi connectivity index (χ2n) is 6.40. The molecule has 1 aliphatic rings. The molecule has 0 saturated carbocycles. The highest BCUT2D eigenvalue weighted by Crippen LogP contribution is 2.17. The minimum atomic E-state index is -0.476. The molecule has 3 rings (SSSR count). The molecule has 0 unspecified atom stereocenters. The molecule has 136 valence electrons. The van der Waals surface area contributed by atoms with Gasteiger partial charge in [0.05, 0.1) is 6.54 Å².